The Bertz CT molecular complexity index is 487. The lowest BCUT2D eigenvalue weighted by Gasteiger charge is -2.03. The average molecular weight is 254 g/mol. The van der Waals surface area contributed by atoms with Crippen LogP contribution in [0.3, 0.4) is 0 Å². The van der Waals surface area contributed by atoms with E-state index in [-0.39, 0.29) is 5.91 Å². The molecule has 82 valence electrons. The van der Waals surface area contributed by atoms with Crippen LogP contribution < -0.4 is 5.32 Å². The molecule has 2 aromatic rings. The lowest BCUT2D eigenvalue weighted by atomic mass is 10.2. The molecular weight excluding hydrogens is 246 g/mol. The van der Waals surface area contributed by atoms with Gasteiger partial charge in [0.2, 0.25) is 0 Å². The Morgan fingerprint density at radius 2 is 2.38 bits per heavy atom. The SMILES string of the molecule is O=C(NCc1cccc(Cl)c1)c1cnsn1. The molecule has 0 aliphatic heterocycles. The van der Waals surface area contributed by atoms with Crippen LogP contribution in [0.4, 0.5) is 0 Å². The number of nitrogens with zero attached hydrogens (tertiary/aromatic N) is 2. The molecule has 0 bridgehead atoms. The number of hydrogen-bond acceptors (Lipinski definition) is 4. The molecule has 0 saturated carbocycles. The van der Waals surface area contributed by atoms with Gasteiger partial charge in [-0.1, -0.05) is 23.7 Å². The molecule has 0 fully saturated rings. The van der Waals surface area contributed by atoms with Crippen molar-refractivity contribution >= 4 is 29.2 Å². The maximum absolute atomic E-state index is 11.5. The van der Waals surface area contributed by atoms with Gasteiger partial charge in [-0.3, -0.25) is 4.79 Å². The Morgan fingerprint density at radius 1 is 1.50 bits per heavy atom. The molecular formula is C10H8ClN3OS. The molecule has 0 radical (unpaired) electrons. The van der Waals surface area contributed by atoms with Crippen molar-refractivity contribution in [2.75, 3.05) is 0 Å². The zero-order valence-electron chi connectivity index (χ0n) is 8.18. The summed E-state index contributed by atoms with van der Waals surface area (Å²) in [5.74, 6) is -0.228. The fourth-order valence-corrected chi connectivity index (χ4v) is 1.81. The Kier molecular flexibility index (Phi) is 3.48. The van der Waals surface area contributed by atoms with E-state index in [4.69, 9.17) is 11.6 Å². The highest BCUT2D eigenvalue weighted by Gasteiger charge is 2.07. The molecule has 0 aliphatic carbocycles. The summed E-state index contributed by atoms with van der Waals surface area (Å²) in [6, 6.07) is 7.33. The van der Waals surface area contributed by atoms with Crippen LogP contribution in [0.2, 0.25) is 5.02 Å². The van der Waals surface area contributed by atoms with Crippen molar-refractivity contribution in [2.45, 2.75) is 6.54 Å². The Morgan fingerprint density at radius 3 is 3.06 bits per heavy atom. The fourth-order valence-electron chi connectivity index (χ4n) is 1.18. The molecule has 1 aromatic carbocycles. The van der Waals surface area contributed by atoms with E-state index in [2.05, 4.69) is 14.1 Å². The summed E-state index contributed by atoms with van der Waals surface area (Å²) in [5, 5.41) is 3.39. The molecule has 4 nitrogen and oxygen atoms in total. The van der Waals surface area contributed by atoms with Crippen LogP contribution in [-0.2, 0) is 6.54 Å². The second-order valence-corrected chi connectivity index (χ2v) is 4.10. The van der Waals surface area contributed by atoms with Gasteiger partial charge in [-0.2, -0.15) is 8.75 Å². The number of halogens is 1. The van der Waals surface area contributed by atoms with E-state index in [1.807, 2.05) is 12.1 Å². The highest BCUT2D eigenvalue weighted by molar-refractivity contribution is 6.99. The van der Waals surface area contributed by atoms with Crippen molar-refractivity contribution in [3.8, 4) is 0 Å². The summed E-state index contributed by atoms with van der Waals surface area (Å²) in [6.45, 7) is 0.427. The van der Waals surface area contributed by atoms with Gasteiger partial charge < -0.3 is 5.32 Å². The van der Waals surface area contributed by atoms with Crippen molar-refractivity contribution in [1.82, 2.24) is 14.1 Å². The first-order valence-corrected chi connectivity index (χ1v) is 5.67. The lowest BCUT2D eigenvalue weighted by Crippen LogP contribution is -2.22. The molecule has 1 aromatic heterocycles. The van der Waals surface area contributed by atoms with Crippen molar-refractivity contribution < 1.29 is 4.79 Å². The fraction of sp³-hybridized carbons (Fsp3) is 0.100. The summed E-state index contributed by atoms with van der Waals surface area (Å²) in [6.07, 6.45) is 1.44. The first-order valence-electron chi connectivity index (χ1n) is 4.56. The highest BCUT2D eigenvalue weighted by Crippen LogP contribution is 2.10. The van der Waals surface area contributed by atoms with Crippen molar-refractivity contribution in [1.29, 1.82) is 0 Å². The number of carbonyl (C=O) groups is 1. The molecule has 2 rings (SSSR count). The van der Waals surface area contributed by atoms with Gasteiger partial charge in [0.05, 0.1) is 17.9 Å². The molecule has 1 amide bonds. The van der Waals surface area contributed by atoms with Crippen LogP contribution in [0, 0.1) is 0 Å². The summed E-state index contributed by atoms with van der Waals surface area (Å²) in [5.41, 5.74) is 1.29. The number of carbonyl (C=O) groups excluding carboxylic acids is 1. The van der Waals surface area contributed by atoms with E-state index < -0.39 is 0 Å². The molecule has 1 heterocycles. The highest BCUT2D eigenvalue weighted by atomic mass is 35.5. The van der Waals surface area contributed by atoms with Crippen molar-refractivity contribution in [3.63, 3.8) is 0 Å². The second-order valence-electron chi connectivity index (χ2n) is 3.11. The summed E-state index contributed by atoms with van der Waals surface area (Å²) in [7, 11) is 0. The van der Waals surface area contributed by atoms with E-state index in [0.29, 0.717) is 17.3 Å². The molecule has 0 unspecified atom stereocenters. The minimum atomic E-state index is -0.228. The maximum Gasteiger partial charge on any atom is 0.272 e. The molecule has 0 saturated heterocycles. The standard InChI is InChI=1S/C10H8ClN3OS/c11-8-3-1-2-7(4-8)5-12-10(15)9-6-13-16-14-9/h1-4,6H,5H2,(H,12,15). The van der Waals surface area contributed by atoms with Gasteiger partial charge >= 0.3 is 0 Å². The molecule has 1 N–H and O–H groups in total. The van der Waals surface area contributed by atoms with E-state index in [9.17, 15) is 4.79 Å². The first-order chi connectivity index (χ1) is 7.75. The molecule has 0 aliphatic rings. The largest absolute Gasteiger partial charge is 0.347 e. The zero-order valence-corrected chi connectivity index (χ0v) is 9.76. The maximum atomic E-state index is 11.5. The topological polar surface area (TPSA) is 54.9 Å². The van der Waals surface area contributed by atoms with Crippen molar-refractivity contribution in [3.05, 3.63) is 46.7 Å². The van der Waals surface area contributed by atoms with E-state index in [0.717, 1.165) is 17.3 Å². The normalized spacial score (nSPS) is 10.1. The Labute approximate surface area is 102 Å². The lowest BCUT2D eigenvalue weighted by molar-refractivity contribution is 0.0947. The third-order valence-corrected chi connectivity index (χ3v) is 2.65. The quantitative estimate of drug-likeness (QED) is 0.912. The number of nitrogens with one attached hydrogen (secondary N) is 1. The summed E-state index contributed by atoms with van der Waals surface area (Å²) < 4.78 is 7.60. The van der Waals surface area contributed by atoms with Gasteiger partial charge in [-0.25, -0.2) is 0 Å². The number of hydrogen-bond donors (Lipinski definition) is 1. The predicted molar refractivity (Wildman–Crippen MR) is 62.5 cm³/mol. The second kappa shape index (κ2) is 5.05. The third-order valence-electron chi connectivity index (χ3n) is 1.94. The molecule has 16 heavy (non-hydrogen) atoms. The summed E-state index contributed by atoms with van der Waals surface area (Å²) in [4.78, 5) is 11.5. The number of aromatic nitrogens is 2. The van der Waals surface area contributed by atoms with Gasteiger partial charge in [-0.15, -0.1) is 0 Å². The van der Waals surface area contributed by atoms with Crippen LogP contribution >= 0.6 is 23.3 Å². The van der Waals surface area contributed by atoms with Crippen LogP contribution in [0.25, 0.3) is 0 Å². The van der Waals surface area contributed by atoms with E-state index in [1.165, 1.54) is 6.20 Å². The van der Waals surface area contributed by atoms with Gasteiger partial charge in [0.15, 0.2) is 5.69 Å². The molecule has 0 spiro atoms. The minimum Gasteiger partial charge on any atom is -0.347 e. The van der Waals surface area contributed by atoms with Gasteiger partial charge in [-0.05, 0) is 17.7 Å². The van der Waals surface area contributed by atoms with E-state index in [1.54, 1.807) is 12.1 Å². The monoisotopic (exact) mass is 253 g/mol. The zero-order chi connectivity index (χ0) is 11.4. The molecule has 0 atom stereocenters. The van der Waals surface area contributed by atoms with Gasteiger partial charge in [0.25, 0.3) is 5.91 Å². The number of amides is 1. The van der Waals surface area contributed by atoms with E-state index >= 15 is 0 Å². The van der Waals surface area contributed by atoms with Crippen LogP contribution in [-0.4, -0.2) is 14.7 Å². The first kappa shape index (κ1) is 11.0. The average Bonchev–Trinajstić information content (AvgIpc) is 2.79. The Hall–Kier alpha value is -1.46. The molecule has 6 heteroatoms. The van der Waals surface area contributed by atoms with Gasteiger partial charge in [0, 0.05) is 11.6 Å². The predicted octanol–water partition coefficient (Wildman–Crippen LogP) is 2.12. The van der Waals surface area contributed by atoms with Crippen LogP contribution in [0.15, 0.2) is 30.5 Å². The van der Waals surface area contributed by atoms with Gasteiger partial charge in [0.1, 0.15) is 0 Å². The smallest absolute Gasteiger partial charge is 0.272 e. The number of benzene rings is 1. The third kappa shape index (κ3) is 2.77. The summed E-state index contributed by atoms with van der Waals surface area (Å²) >= 11 is 6.84. The Balaban J connectivity index is 1.95. The number of rotatable bonds is 3. The van der Waals surface area contributed by atoms with Crippen LogP contribution in [0.5, 0.6) is 0 Å². The van der Waals surface area contributed by atoms with Crippen molar-refractivity contribution in [2.24, 2.45) is 0 Å². The van der Waals surface area contributed by atoms with Crippen LogP contribution in [0.1, 0.15) is 16.1 Å². The minimum absolute atomic E-state index is 0.228.